The van der Waals surface area contributed by atoms with Gasteiger partial charge in [0.05, 0.1) is 12.2 Å². The highest BCUT2D eigenvalue weighted by atomic mass is 32.1. The third-order valence-electron chi connectivity index (χ3n) is 5.51. The Balaban J connectivity index is 1.36. The molecule has 1 saturated heterocycles. The summed E-state index contributed by atoms with van der Waals surface area (Å²) in [4.78, 5) is 23.0. The molecule has 1 aromatic carbocycles. The molecule has 0 radical (unpaired) electrons. The van der Waals surface area contributed by atoms with Crippen molar-refractivity contribution in [3.63, 3.8) is 0 Å². The van der Waals surface area contributed by atoms with E-state index in [1.165, 1.54) is 4.88 Å². The molecule has 0 bridgehead atoms. The van der Waals surface area contributed by atoms with Gasteiger partial charge in [-0.25, -0.2) is 9.67 Å². The van der Waals surface area contributed by atoms with Crippen molar-refractivity contribution in [2.24, 2.45) is 0 Å². The van der Waals surface area contributed by atoms with Crippen LogP contribution in [0.2, 0.25) is 0 Å². The third-order valence-corrected chi connectivity index (χ3v) is 6.66. The molecule has 1 aliphatic rings. The molecule has 0 aliphatic carbocycles. The number of benzene rings is 1. The smallest absolute Gasteiger partial charge is 0.257 e. The first-order valence-corrected chi connectivity index (χ1v) is 11.1. The fourth-order valence-electron chi connectivity index (χ4n) is 3.83. The Morgan fingerprint density at radius 3 is 2.70 bits per heavy atom. The molecule has 8 heteroatoms. The molecule has 1 fully saturated rings. The number of hydrogen-bond acceptors (Lipinski definition) is 6. The zero-order chi connectivity index (χ0) is 21.1. The fraction of sp³-hybridized carbons (Fsp3) is 0.409. The van der Waals surface area contributed by atoms with Gasteiger partial charge in [0.25, 0.3) is 5.91 Å². The van der Waals surface area contributed by atoms with Crippen LogP contribution in [0.25, 0.3) is 0 Å². The van der Waals surface area contributed by atoms with Gasteiger partial charge in [0.2, 0.25) is 0 Å². The largest absolute Gasteiger partial charge is 0.354 e. The highest BCUT2D eigenvalue weighted by Crippen LogP contribution is 2.28. The molecule has 30 heavy (non-hydrogen) atoms. The Morgan fingerprint density at radius 2 is 2.00 bits per heavy atom. The van der Waals surface area contributed by atoms with Gasteiger partial charge >= 0.3 is 0 Å². The molecular weight excluding hydrogens is 396 g/mol. The number of rotatable bonds is 6. The van der Waals surface area contributed by atoms with Crippen LogP contribution in [0.1, 0.15) is 39.7 Å². The van der Waals surface area contributed by atoms with Crippen LogP contribution in [-0.4, -0.2) is 52.8 Å². The lowest BCUT2D eigenvalue weighted by atomic mass is 10.1. The Bertz CT molecular complexity index is 1000. The zero-order valence-electron chi connectivity index (χ0n) is 17.7. The number of thiazole rings is 1. The maximum absolute atomic E-state index is 12.7. The molecule has 1 aliphatic heterocycles. The van der Waals surface area contributed by atoms with Crippen molar-refractivity contribution in [1.82, 2.24) is 19.7 Å². The number of carbonyl (C=O) groups excluding carboxylic acids is 1. The van der Waals surface area contributed by atoms with Gasteiger partial charge in [0.1, 0.15) is 5.82 Å². The molecule has 3 heterocycles. The first kappa shape index (κ1) is 20.6. The van der Waals surface area contributed by atoms with Crippen molar-refractivity contribution in [2.45, 2.75) is 32.4 Å². The van der Waals surface area contributed by atoms with Gasteiger partial charge in [-0.05, 0) is 31.4 Å². The molecule has 1 amide bonds. The second-order valence-electron chi connectivity index (χ2n) is 7.94. The summed E-state index contributed by atoms with van der Waals surface area (Å²) < 4.78 is 1.98. The van der Waals surface area contributed by atoms with Crippen LogP contribution in [-0.2, 0) is 6.54 Å². The molecule has 0 unspecified atom stereocenters. The maximum atomic E-state index is 12.7. The van der Waals surface area contributed by atoms with E-state index in [4.69, 9.17) is 0 Å². The number of likely N-dealkylation sites (tertiary alicyclic amines) is 1. The minimum atomic E-state index is -0.0887. The van der Waals surface area contributed by atoms with Crippen LogP contribution >= 0.6 is 11.3 Å². The van der Waals surface area contributed by atoms with E-state index in [0.29, 0.717) is 11.6 Å². The van der Waals surface area contributed by atoms with E-state index >= 15 is 0 Å². The van der Waals surface area contributed by atoms with E-state index in [0.717, 1.165) is 49.0 Å². The summed E-state index contributed by atoms with van der Waals surface area (Å²) >= 11 is 1.75. The highest BCUT2D eigenvalue weighted by Gasteiger charge is 2.24. The Labute approximate surface area is 181 Å². The van der Waals surface area contributed by atoms with Crippen LogP contribution in [0, 0.1) is 6.92 Å². The molecular formula is C22H28N6OS. The molecule has 158 valence electrons. The van der Waals surface area contributed by atoms with E-state index < -0.39 is 0 Å². The van der Waals surface area contributed by atoms with Crippen molar-refractivity contribution in [2.75, 3.05) is 37.4 Å². The van der Waals surface area contributed by atoms with Gasteiger partial charge in [-0.15, -0.1) is 11.3 Å². The normalized spacial score (nSPS) is 15.3. The average Bonchev–Trinajstić information content (AvgIpc) is 3.39. The summed E-state index contributed by atoms with van der Waals surface area (Å²) in [6.07, 6.45) is 5.77. The standard InChI is InChI=1S/C22H28N6OS/c1-16-6-4-5-7-19(16)21(29)25-20-8-11-24-28(20)17-9-12-27(13-10-17)15-18-14-23-22(30-18)26(2)3/h4-8,11,14,17H,9-10,12-13,15H2,1-3H3,(H,25,29). The first-order chi connectivity index (χ1) is 14.5. The van der Waals surface area contributed by atoms with E-state index in [-0.39, 0.29) is 5.91 Å². The van der Waals surface area contributed by atoms with E-state index in [1.54, 1.807) is 17.5 Å². The second kappa shape index (κ2) is 8.97. The fourth-order valence-corrected chi connectivity index (χ4v) is 4.71. The van der Waals surface area contributed by atoms with Crippen LogP contribution in [0.15, 0.2) is 42.7 Å². The molecule has 4 rings (SSSR count). The summed E-state index contributed by atoms with van der Waals surface area (Å²) in [7, 11) is 4.04. The summed E-state index contributed by atoms with van der Waals surface area (Å²) in [5.74, 6) is 0.675. The van der Waals surface area contributed by atoms with Crippen molar-refractivity contribution >= 4 is 28.2 Å². The summed E-state index contributed by atoms with van der Waals surface area (Å²) in [6.45, 7) is 4.90. The predicted molar refractivity (Wildman–Crippen MR) is 121 cm³/mol. The number of amides is 1. The second-order valence-corrected chi connectivity index (χ2v) is 9.03. The van der Waals surface area contributed by atoms with Crippen molar-refractivity contribution in [3.05, 3.63) is 58.7 Å². The van der Waals surface area contributed by atoms with Gasteiger partial charge in [0.15, 0.2) is 5.13 Å². The van der Waals surface area contributed by atoms with Crippen molar-refractivity contribution in [1.29, 1.82) is 0 Å². The lowest BCUT2D eigenvalue weighted by Gasteiger charge is -2.32. The van der Waals surface area contributed by atoms with Crippen molar-refractivity contribution < 1.29 is 4.79 Å². The Morgan fingerprint density at radius 1 is 1.23 bits per heavy atom. The quantitative estimate of drug-likeness (QED) is 0.652. The summed E-state index contributed by atoms with van der Waals surface area (Å²) in [6, 6.07) is 9.81. The van der Waals surface area contributed by atoms with Gasteiger partial charge in [0, 0.05) is 56.4 Å². The molecule has 0 spiro atoms. The minimum Gasteiger partial charge on any atom is -0.354 e. The molecule has 0 saturated carbocycles. The van der Waals surface area contributed by atoms with Crippen LogP contribution in [0.4, 0.5) is 10.9 Å². The zero-order valence-corrected chi connectivity index (χ0v) is 18.5. The lowest BCUT2D eigenvalue weighted by Crippen LogP contribution is -2.34. The van der Waals surface area contributed by atoms with E-state index in [2.05, 4.69) is 20.3 Å². The summed E-state index contributed by atoms with van der Waals surface area (Å²) in [5, 5.41) is 8.60. The maximum Gasteiger partial charge on any atom is 0.257 e. The molecule has 1 N–H and O–H groups in total. The Kier molecular flexibility index (Phi) is 6.15. The third kappa shape index (κ3) is 4.55. The van der Waals surface area contributed by atoms with Gasteiger partial charge in [-0.1, -0.05) is 18.2 Å². The Hall–Kier alpha value is -2.71. The number of hydrogen-bond donors (Lipinski definition) is 1. The molecule has 7 nitrogen and oxygen atoms in total. The molecule has 3 aromatic rings. The molecule has 0 atom stereocenters. The molecule has 2 aromatic heterocycles. The van der Waals surface area contributed by atoms with Crippen molar-refractivity contribution in [3.8, 4) is 0 Å². The number of anilines is 2. The SMILES string of the molecule is Cc1ccccc1C(=O)Nc1ccnn1C1CCN(Cc2cnc(N(C)C)s2)CC1. The average molecular weight is 425 g/mol. The highest BCUT2D eigenvalue weighted by molar-refractivity contribution is 7.15. The van der Waals surface area contributed by atoms with Crippen LogP contribution in [0.5, 0.6) is 0 Å². The first-order valence-electron chi connectivity index (χ1n) is 10.3. The van der Waals surface area contributed by atoms with Crippen LogP contribution < -0.4 is 10.2 Å². The number of nitrogens with zero attached hydrogens (tertiary/aromatic N) is 5. The van der Waals surface area contributed by atoms with Gasteiger partial charge in [-0.3, -0.25) is 9.69 Å². The van der Waals surface area contributed by atoms with Gasteiger partial charge < -0.3 is 10.2 Å². The van der Waals surface area contributed by atoms with E-state index in [1.807, 2.05) is 67.1 Å². The number of nitrogens with one attached hydrogen (secondary N) is 1. The number of aryl methyl sites for hydroxylation is 1. The van der Waals surface area contributed by atoms with E-state index in [9.17, 15) is 4.79 Å². The monoisotopic (exact) mass is 424 g/mol. The number of piperidine rings is 1. The van der Waals surface area contributed by atoms with Crippen LogP contribution in [0.3, 0.4) is 0 Å². The van der Waals surface area contributed by atoms with Gasteiger partial charge in [-0.2, -0.15) is 5.10 Å². The number of aromatic nitrogens is 3. The summed E-state index contributed by atoms with van der Waals surface area (Å²) in [5.41, 5.74) is 1.66. The number of carbonyl (C=O) groups is 1. The minimum absolute atomic E-state index is 0.0887. The lowest BCUT2D eigenvalue weighted by molar-refractivity contribution is 0.102. The topological polar surface area (TPSA) is 66.3 Å². The predicted octanol–water partition coefficient (Wildman–Crippen LogP) is 3.80.